The minimum atomic E-state index is -4.45. The minimum Gasteiger partial charge on any atom is -0.478 e. The van der Waals surface area contributed by atoms with E-state index in [9.17, 15) is 22.8 Å². The van der Waals surface area contributed by atoms with E-state index in [4.69, 9.17) is 5.11 Å². The van der Waals surface area contributed by atoms with Crippen molar-refractivity contribution >= 4 is 24.3 Å². The van der Waals surface area contributed by atoms with Crippen molar-refractivity contribution in [3.8, 4) is 22.8 Å². The average Bonchev–Trinajstić information content (AvgIpc) is 3.83. The molecule has 0 unspecified atom stereocenters. The van der Waals surface area contributed by atoms with Crippen molar-refractivity contribution in [2.75, 3.05) is 26.2 Å². The van der Waals surface area contributed by atoms with Crippen LogP contribution in [0.2, 0.25) is 0 Å². The molecule has 16 heteroatoms. The zero-order chi connectivity index (χ0) is 41.2. The van der Waals surface area contributed by atoms with E-state index in [0.717, 1.165) is 53.4 Å². The highest BCUT2D eigenvalue weighted by Gasteiger charge is 2.32. The van der Waals surface area contributed by atoms with Gasteiger partial charge in [0, 0.05) is 97.5 Å². The maximum absolute atomic E-state index is 12.8. The van der Waals surface area contributed by atoms with Crippen LogP contribution in [0, 0.1) is 20.8 Å². The van der Waals surface area contributed by atoms with E-state index in [1.54, 1.807) is 35.2 Å². The molecule has 2 aliphatic heterocycles. The summed E-state index contributed by atoms with van der Waals surface area (Å²) < 4.78 is 40.9. The Bertz CT molecular complexity index is 2360. The van der Waals surface area contributed by atoms with Crippen molar-refractivity contribution in [3.05, 3.63) is 144 Å². The molecule has 2 saturated heterocycles. The van der Waals surface area contributed by atoms with Crippen molar-refractivity contribution in [2.24, 2.45) is 0 Å². The van der Waals surface area contributed by atoms with Crippen molar-refractivity contribution in [3.63, 3.8) is 0 Å². The summed E-state index contributed by atoms with van der Waals surface area (Å²) in [5.41, 5.74) is 5.45. The summed E-state index contributed by atoms with van der Waals surface area (Å²) in [5, 5.41) is 20.1. The highest BCUT2D eigenvalue weighted by atomic mass is 19.4. The number of halogens is 3. The fourth-order valence-electron chi connectivity index (χ4n) is 6.10. The van der Waals surface area contributed by atoms with Crippen molar-refractivity contribution in [2.45, 2.75) is 38.8 Å². The number of carbonyl (C=O) groups excluding carboxylic acids is 1. The summed E-state index contributed by atoms with van der Waals surface area (Å²) >= 11 is 0. The quantitative estimate of drug-likeness (QED) is 0.160. The SMILES string of the molecule is Cc1cc(-c2ncn(/C=C\C(=O)O)n2)cc(C(F)(F)F)c1.Cc1cc(C)cc(-c2ncn(/C=C\C(=O)N3CC(c4ccccn4)C3)n2)c1.c1ccc(C2CNC2)nc1. The van der Waals surface area contributed by atoms with Gasteiger partial charge in [-0.3, -0.25) is 14.8 Å². The van der Waals surface area contributed by atoms with Gasteiger partial charge in [-0.15, -0.1) is 10.2 Å². The molecule has 0 atom stereocenters. The lowest BCUT2D eigenvalue weighted by Crippen LogP contribution is -2.48. The van der Waals surface area contributed by atoms with Crippen LogP contribution in [0.15, 0.2) is 110 Å². The van der Waals surface area contributed by atoms with E-state index in [0.29, 0.717) is 36.3 Å². The summed E-state index contributed by atoms with van der Waals surface area (Å²) in [4.78, 5) is 41.3. The van der Waals surface area contributed by atoms with E-state index < -0.39 is 17.7 Å². The van der Waals surface area contributed by atoms with Crippen molar-refractivity contribution in [1.82, 2.24) is 49.7 Å². The molecule has 4 aromatic heterocycles. The second-order valence-corrected chi connectivity index (χ2v) is 13.8. The number of likely N-dealkylation sites (tertiary alicyclic amines) is 1. The molecule has 58 heavy (non-hydrogen) atoms. The topological polar surface area (TPSA) is 157 Å². The highest BCUT2D eigenvalue weighted by Crippen LogP contribution is 2.32. The van der Waals surface area contributed by atoms with Gasteiger partial charge < -0.3 is 15.3 Å². The Morgan fingerprint density at radius 1 is 0.707 bits per heavy atom. The van der Waals surface area contributed by atoms with Crippen LogP contribution in [0.25, 0.3) is 35.2 Å². The third-order valence-corrected chi connectivity index (χ3v) is 9.09. The van der Waals surface area contributed by atoms with Gasteiger partial charge in [-0.25, -0.2) is 24.1 Å². The molecular weight excluding hydrogens is 750 g/mol. The summed E-state index contributed by atoms with van der Waals surface area (Å²) in [6.07, 6.45) is 7.19. The number of nitrogens with one attached hydrogen (secondary N) is 1. The van der Waals surface area contributed by atoms with Crippen LogP contribution in [0.4, 0.5) is 13.2 Å². The van der Waals surface area contributed by atoms with Crippen molar-refractivity contribution < 1.29 is 27.9 Å². The maximum Gasteiger partial charge on any atom is 0.416 e. The van der Waals surface area contributed by atoms with Crippen LogP contribution >= 0.6 is 0 Å². The molecule has 0 spiro atoms. The number of aryl methyl sites for hydroxylation is 3. The molecule has 6 aromatic rings. The third-order valence-electron chi connectivity index (χ3n) is 9.09. The lowest BCUT2D eigenvalue weighted by atomic mass is 9.96. The number of hydrogen-bond donors (Lipinski definition) is 2. The number of carboxylic acid groups (broad SMARTS) is 1. The molecule has 298 valence electrons. The van der Waals surface area contributed by atoms with Gasteiger partial charge in [0.15, 0.2) is 11.6 Å². The molecule has 8 rings (SSSR count). The van der Waals surface area contributed by atoms with Crippen LogP contribution in [0.5, 0.6) is 0 Å². The Labute approximate surface area is 332 Å². The molecule has 0 radical (unpaired) electrons. The van der Waals surface area contributed by atoms with Gasteiger partial charge in [-0.1, -0.05) is 29.3 Å². The van der Waals surface area contributed by atoms with Gasteiger partial charge in [0.25, 0.3) is 0 Å². The first kappa shape index (κ1) is 40.8. The van der Waals surface area contributed by atoms with Crippen LogP contribution in [-0.4, -0.2) is 87.6 Å². The zero-order valence-electron chi connectivity index (χ0n) is 32.0. The average molecular weight is 791 g/mol. The summed E-state index contributed by atoms with van der Waals surface area (Å²) in [5.74, 6) is 0.539. The Morgan fingerprint density at radius 2 is 1.22 bits per heavy atom. The number of carbonyl (C=O) groups is 2. The third kappa shape index (κ3) is 11.2. The van der Waals surface area contributed by atoms with Gasteiger partial charge >= 0.3 is 12.1 Å². The number of nitrogens with zero attached hydrogens (tertiary/aromatic N) is 9. The number of benzene rings is 2. The van der Waals surface area contributed by atoms with Crippen molar-refractivity contribution in [1.29, 1.82) is 0 Å². The molecule has 2 N–H and O–H groups in total. The predicted molar refractivity (Wildman–Crippen MR) is 212 cm³/mol. The normalized spacial score (nSPS) is 14.3. The number of carboxylic acids is 1. The highest BCUT2D eigenvalue weighted by molar-refractivity contribution is 5.90. The van der Waals surface area contributed by atoms with Gasteiger partial charge in [0.05, 0.1) is 5.56 Å². The molecule has 2 fully saturated rings. The summed E-state index contributed by atoms with van der Waals surface area (Å²) in [7, 11) is 0. The molecule has 2 aliphatic rings. The molecule has 0 bridgehead atoms. The second-order valence-electron chi connectivity index (χ2n) is 13.8. The Balaban J connectivity index is 0.000000161. The number of amides is 1. The van der Waals surface area contributed by atoms with Gasteiger partial charge in [-0.05, 0) is 80.9 Å². The summed E-state index contributed by atoms with van der Waals surface area (Å²) in [6, 6.07) is 21.7. The van der Waals surface area contributed by atoms with E-state index in [1.807, 2.05) is 36.5 Å². The molecule has 0 saturated carbocycles. The van der Waals surface area contributed by atoms with E-state index in [2.05, 4.69) is 73.6 Å². The fraction of sp³-hybridized carbons (Fsp3) is 0.238. The standard InChI is InChI=1S/C21H21N5O.C13H10F3N3O2.C8H10N2/c1-15-9-16(2)11-17(10-15)21-23-14-26(24-21)8-6-20(27)25-12-18(13-25)19-5-3-4-7-22-19;1-8-4-9(6-10(5-8)13(14,15)16)12-17-7-19(18-12)3-2-11(20)21;1-2-4-10-8(3-1)7-5-9-6-7/h3-11,14,18H,12-13H2,1-2H3;2-7H,1H3,(H,20,21);1-4,7,9H,5-6H2/b8-6-;3-2-;. The smallest absolute Gasteiger partial charge is 0.416 e. The number of hydrogen-bond acceptors (Lipinski definition) is 9. The number of rotatable bonds is 8. The van der Waals surface area contributed by atoms with Crippen LogP contribution in [0.3, 0.4) is 0 Å². The first-order chi connectivity index (χ1) is 27.8. The molecular formula is C42H41F3N10O3. The van der Waals surface area contributed by atoms with Gasteiger partial charge in [-0.2, -0.15) is 13.2 Å². The van der Waals surface area contributed by atoms with E-state index >= 15 is 0 Å². The van der Waals surface area contributed by atoms with Crippen LogP contribution in [0.1, 0.15) is 45.5 Å². The summed E-state index contributed by atoms with van der Waals surface area (Å²) in [6.45, 7) is 9.24. The first-order valence-electron chi connectivity index (χ1n) is 18.3. The van der Waals surface area contributed by atoms with Gasteiger partial charge in [0.1, 0.15) is 12.7 Å². The second kappa shape index (κ2) is 18.4. The number of alkyl halides is 3. The molecule has 6 heterocycles. The first-order valence-corrected chi connectivity index (χ1v) is 18.3. The molecule has 13 nitrogen and oxygen atoms in total. The Morgan fingerprint density at radius 3 is 1.71 bits per heavy atom. The zero-order valence-corrected chi connectivity index (χ0v) is 32.0. The molecule has 2 aromatic carbocycles. The van der Waals surface area contributed by atoms with E-state index in [1.165, 1.54) is 35.3 Å². The lowest BCUT2D eigenvalue weighted by molar-refractivity contribution is -0.137. The minimum absolute atomic E-state index is 0.0226. The number of aliphatic carboxylic acids is 1. The van der Waals surface area contributed by atoms with Crippen LogP contribution < -0.4 is 5.32 Å². The van der Waals surface area contributed by atoms with Gasteiger partial charge in [0.2, 0.25) is 5.91 Å². The Hall–Kier alpha value is -6.81. The van der Waals surface area contributed by atoms with E-state index in [-0.39, 0.29) is 17.3 Å². The fourth-order valence-corrected chi connectivity index (χ4v) is 6.10. The monoisotopic (exact) mass is 790 g/mol. The largest absolute Gasteiger partial charge is 0.478 e. The Kier molecular flexibility index (Phi) is 13.0. The maximum atomic E-state index is 12.8. The predicted octanol–water partition coefficient (Wildman–Crippen LogP) is 6.65. The van der Waals surface area contributed by atoms with Crippen LogP contribution in [-0.2, 0) is 15.8 Å². The number of aromatic nitrogens is 8. The molecule has 1 amide bonds. The lowest BCUT2D eigenvalue weighted by Gasteiger charge is -2.38. The molecule has 0 aliphatic carbocycles. The number of pyridine rings is 2.